The van der Waals surface area contributed by atoms with Crippen molar-refractivity contribution in [3.8, 4) is 17.1 Å². The molecule has 2 aromatic carbocycles. The van der Waals surface area contributed by atoms with E-state index in [0.717, 1.165) is 16.9 Å². The normalized spacial score (nSPS) is 10.7. The van der Waals surface area contributed by atoms with Gasteiger partial charge in [0.25, 0.3) is 0 Å². The van der Waals surface area contributed by atoms with Crippen LogP contribution in [0.15, 0.2) is 77.6 Å². The smallest absolute Gasteiger partial charge is 0.227 e. The number of ether oxygens (including phenoxy) is 1. The summed E-state index contributed by atoms with van der Waals surface area (Å²) in [6, 6.07) is 17.2. The summed E-state index contributed by atoms with van der Waals surface area (Å²) in [6.07, 6.45) is 4.03. The number of halogens is 1. The molecule has 0 atom stereocenters. The fourth-order valence-electron chi connectivity index (χ4n) is 2.94. The number of amides is 1. The van der Waals surface area contributed by atoms with E-state index in [2.05, 4.69) is 20.4 Å². The lowest BCUT2D eigenvalue weighted by Gasteiger charge is -2.08. The number of nitrogens with one attached hydrogen (secondary N) is 1. The first-order valence-corrected chi connectivity index (χ1v) is 10.1. The van der Waals surface area contributed by atoms with Crippen molar-refractivity contribution >= 4 is 5.91 Å². The highest BCUT2D eigenvalue weighted by Crippen LogP contribution is 2.17. The molecule has 1 amide bonds. The predicted molar refractivity (Wildman–Crippen MR) is 115 cm³/mol. The van der Waals surface area contributed by atoms with Crippen molar-refractivity contribution in [1.29, 1.82) is 0 Å². The van der Waals surface area contributed by atoms with Crippen LogP contribution in [-0.2, 0) is 24.4 Å². The molecule has 8 heteroatoms. The molecular weight excluding hydrogens is 411 g/mol. The van der Waals surface area contributed by atoms with Gasteiger partial charge in [0.15, 0.2) is 0 Å². The summed E-state index contributed by atoms with van der Waals surface area (Å²) in [4.78, 5) is 20.5. The minimum Gasteiger partial charge on any atom is -0.489 e. The molecule has 2 aromatic heterocycles. The quantitative estimate of drug-likeness (QED) is 0.428. The van der Waals surface area contributed by atoms with Crippen molar-refractivity contribution in [2.45, 2.75) is 26.0 Å². The van der Waals surface area contributed by atoms with Gasteiger partial charge in [-0.05, 0) is 48.0 Å². The van der Waals surface area contributed by atoms with Gasteiger partial charge in [-0.15, -0.1) is 0 Å². The van der Waals surface area contributed by atoms with E-state index in [1.807, 2.05) is 36.4 Å². The van der Waals surface area contributed by atoms with Crippen LogP contribution in [0.2, 0.25) is 0 Å². The van der Waals surface area contributed by atoms with Gasteiger partial charge in [0.2, 0.25) is 17.6 Å². The van der Waals surface area contributed by atoms with E-state index in [-0.39, 0.29) is 18.1 Å². The lowest BCUT2D eigenvalue weighted by molar-refractivity contribution is -0.121. The van der Waals surface area contributed by atoms with Gasteiger partial charge in [-0.25, -0.2) is 4.39 Å². The maximum Gasteiger partial charge on any atom is 0.227 e. The molecule has 162 valence electrons. The molecule has 2 heterocycles. The SMILES string of the molecule is O=C(CCc1nc(-c2ccc(F)cc2)no1)NCc1ccc(OCc2cccnc2)cc1. The number of nitrogens with zero attached hydrogens (tertiary/aromatic N) is 3. The van der Waals surface area contributed by atoms with Crippen molar-refractivity contribution < 1.29 is 18.4 Å². The lowest BCUT2D eigenvalue weighted by atomic mass is 10.2. The Kier molecular flexibility index (Phi) is 6.81. The molecule has 0 bridgehead atoms. The molecular formula is C24H21FN4O3. The Balaban J connectivity index is 1.20. The molecule has 0 radical (unpaired) electrons. The predicted octanol–water partition coefficient (Wildman–Crippen LogP) is 4.10. The van der Waals surface area contributed by atoms with Gasteiger partial charge in [0.1, 0.15) is 18.2 Å². The van der Waals surface area contributed by atoms with Gasteiger partial charge < -0.3 is 14.6 Å². The molecule has 0 saturated carbocycles. The zero-order valence-electron chi connectivity index (χ0n) is 17.2. The molecule has 1 N–H and O–H groups in total. The molecule has 0 aliphatic carbocycles. The molecule has 4 rings (SSSR count). The van der Waals surface area contributed by atoms with Crippen molar-refractivity contribution in [2.24, 2.45) is 0 Å². The summed E-state index contributed by atoms with van der Waals surface area (Å²) < 4.78 is 23.9. The summed E-state index contributed by atoms with van der Waals surface area (Å²) in [5.41, 5.74) is 2.61. The maximum atomic E-state index is 13.0. The standard InChI is InChI=1S/C24H21FN4O3/c25-20-7-5-19(6-8-20)24-28-23(32-29-24)12-11-22(30)27-15-17-3-9-21(10-4-17)31-16-18-2-1-13-26-14-18/h1-10,13-14H,11-12,15-16H2,(H,27,30). The van der Waals surface area contributed by atoms with E-state index in [1.54, 1.807) is 24.5 Å². The third kappa shape index (κ3) is 5.98. The van der Waals surface area contributed by atoms with Gasteiger partial charge >= 0.3 is 0 Å². The molecule has 0 aliphatic heterocycles. The number of rotatable bonds is 9. The highest BCUT2D eigenvalue weighted by atomic mass is 19.1. The van der Waals surface area contributed by atoms with Crippen LogP contribution in [0.5, 0.6) is 5.75 Å². The first-order valence-electron chi connectivity index (χ1n) is 10.1. The lowest BCUT2D eigenvalue weighted by Crippen LogP contribution is -2.23. The number of benzene rings is 2. The topological polar surface area (TPSA) is 90.1 Å². The fraction of sp³-hybridized carbons (Fsp3) is 0.167. The minimum atomic E-state index is -0.332. The number of hydrogen-bond acceptors (Lipinski definition) is 6. The molecule has 4 aromatic rings. The maximum absolute atomic E-state index is 13.0. The van der Waals surface area contributed by atoms with Gasteiger partial charge in [0.05, 0.1) is 0 Å². The Labute approximate surface area is 184 Å². The van der Waals surface area contributed by atoms with Gasteiger partial charge in [-0.3, -0.25) is 9.78 Å². The molecule has 0 spiro atoms. The van der Waals surface area contributed by atoms with E-state index < -0.39 is 0 Å². The average molecular weight is 432 g/mol. The van der Waals surface area contributed by atoms with Gasteiger partial charge in [-0.1, -0.05) is 23.4 Å². The number of carbonyl (C=O) groups is 1. The Morgan fingerprint density at radius 2 is 1.84 bits per heavy atom. The van der Waals surface area contributed by atoms with Crippen LogP contribution in [0, 0.1) is 5.82 Å². The molecule has 0 fully saturated rings. The first-order chi connectivity index (χ1) is 15.7. The van der Waals surface area contributed by atoms with E-state index in [4.69, 9.17) is 9.26 Å². The molecule has 0 saturated heterocycles. The fourth-order valence-corrected chi connectivity index (χ4v) is 2.94. The van der Waals surface area contributed by atoms with Gasteiger partial charge in [0, 0.05) is 42.9 Å². The minimum absolute atomic E-state index is 0.122. The number of carbonyl (C=O) groups excluding carboxylic acids is 1. The highest BCUT2D eigenvalue weighted by Gasteiger charge is 2.11. The van der Waals surface area contributed by atoms with Gasteiger partial charge in [-0.2, -0.15) is 4.98 Å². The number of aromatic nitrogens is 3. The Morgan fingerprint density at radius 3 is 2.59 bits per heavy atom. The van der Waals surface area contributed by atoms with Crippen LogP contribution in [0.4, 0.5) is 4.39 Å². The van der Waals surface area contributed by atoms with Crippen LogP contribution < -0.4 is 10.1 Å². The summed E-state index contributed by atoms with van der Waals surface area (Å²) in [6.45, 7) is 0.856. The van der Waals surface area contributed by atoms with Crippen molar-refractivity contribution in [1.82, 2.24) is 20.4 Å². The largest absolute Gasteiger partial charge is 0.489 e. The summed E-state index contributed by atoms with van der Waals surface area (Å²) in [7, 11) is 0. The van der Waals surface area contributed by atoms with E-state index in [9.17, 15) is 9.18 Å². The van der Waals surface area contributed by atoms with E-state index in [1.165, 1.54) is 12.1 Å². The second kappa shape index (κ2) is 10.3. The highest BCUT2D eigenvalue weighted by molar-refractivity contribution is 5.76. The molecule has 32 heavy (non-hydrogen) atoms. The number of hydrogen-bond donors (Lipinski definition) is 1. The number of pyridine rings is 1. The summed E-state index contributed by atoms with van der Waals surface area (Å²) >= 11 is 0. The van der Waals surface area contributed by atoms with Crippen molar-refractivity contribution in [3.05, 3.63) is 95.9 Å². The average Bonchev–Trinajstić information content (AvgIpc) is 3.31. The monoisotopic (exact) mass is 432 g/mol. The summed E-state index contributed by atoms with van der Waals surface area (Å²) in [5.74, 6) is 1.02. The third-order valence-corrected chi connectivity index (χ3v) is 4.68. The Morgan fingerprint density at radius 1 is 1.03 bits per heavy atom. The van der Waals surface area contributed by atoms with Crippen LogP contribution in [-0.4, -0.2) is 21.0 Å². The Hall–Kier alpha value is -4.07. The molecule has 0 aliphatic rings. The number of aryl methyl sites for hydroxylation is 1. The first kappa shape index (κ1) is 21.2. The van der Waals surface area contributed by atoms with Crippen LogP contribution >= 0.6 is 0 Å². The van der Waals surface area contributed by atoms with Crippen molar-refractivity contribution in [2.75, 3.05) is 0 Å². The van der Waals surface area contributed by atoms with Crippen molar-refractivity contribution in [3.63, 3.8) is 0 Å². The van der Waals surface area contributed by atoms with Crippen LogP contribution in [0.25, 0.3) is 11.4 Å². The van der Waals surface area contributed by atoms with Crippen LogP contribution in [0.3, 0.4) is 0 Å². The molecule has 0 unspecified atom stereocenters. The van der Waals surface area contributed by atoms with Crippen LogP contribution in [0.1, 0.15) is 23.4 Å². The second-order valence-electron chi connectivity index (χ2n) is 7.09. The van der Waals surface area contributed by atoms with E-state index >= 15 is 0 Å². The zero-order chi connectivity index (χ0) is 22.2. The molecule has 7 nitrogen and oxygen atoms in total. The summed E-state index contributed by atoms with van der Waals surface area (Å²) in [5, 5.41) is 6.75. The van der Waals surface area contributed by atoms with E-state index in [0.29, 0.717) is 36.9 Å². The Bertz CT molecular complexity index is 1150. The zero-order valence-corrected chi connectivity index (χ0v) is 17.2. The second-order valence-corrected chi connectivity index (χ2v) is 7.09. The third-order valence-electron chi connectivity index (χ3n) is 4.68.